The summed E-state index contributed by atoms with van der Waals surface area (Å²) >= 11 is 0. The van der Waals surface area contributed by atoms with Gasteiger partial charge in [0.2, 0.25) is 0 Å². The van der Waals surface area contributed by atoms with Crippen LogP contribution >= 0.6 is 0 Å². The molecule has 0 saturated heterocycles. The number of hydrogen-bond donors (Lipinski definition) is 0. The monoisotopic (exact) mass is 152 g/mol. The average molecular weight is 152 g/mol. The molecular formula is C11H20. The molecule has 0 rings (SSSR count). The Bertz CT molecular complexity index is 170. The van der Waals surface area contributed by atoms with Gasteiger partial charge >= 0.3 is 0 Å². The van der Waals surface area contributed by atoms with E-state index < -0.39 is 0 Å². The third-order valence-electron chi connectivity index (χ3n) is 2.27. The molecule has 0 heterocycles. The van der Waals surface area contributed by atoms with E-state index in [0.29, 0.717) is 0 Å². The predicted molar refractivity (Wildman–Crippen MR) is 52.7 cm³/mol. The molecule has 0 aromatic heterocycles. The lowest BCUT2D eigenvalue weighted by Crippen LogP contribution is -1.84. The van der Waals surface area contributed by atoms with E-state index in [1.807, 2.05) is 0 Å². The Labute approximate surface area is 71.0 Å². The second kappa shape index (κ2) is 5.17. The summed E-state index contributed by atoms with van der Waals surface area (Å²) < 4.78 is 0. The van der Waals surface area contributed by atoms with E-state index in [-0.39, 0.29) is 0 Å². The minimum atomic E-state index is 1.14. The fraction of sp³-hybridized carbons (Fsp3) is 0.636. The summed E-state index contributed by atoms with van der Waals surface area (Å²) in [6.45, 7) is 11.0. The van der Waals surface area contributed by atoms with Gasteiger partial charge in [0, 0.05) is 0 Å². The van der Waals surface area contributed by atoms with E-state index in [1.54, 1.807) is 0 Å². The molecule has 0 aliphatic heterocycles. The molecular weight excluding hydrogens is 132 g/mol. The van der Waals surface area contributed by atoms with Gasteiger partial charge in [-0.25, -0.2) is 0 Å². The van der Waals surface area contributed by atoms with E-state index >= 15 is 0 Å². The van der Waals surface area contributed by atoms with Crippen molar-refractivity contribution >= 4 is 0 Å². The maximum absolute atomic E-state index is 2.29. The van der Waals surface area contributed by atoms with Crippen LogP contribution in [0.5, 0.6) is 0 Å². The summed E-state index contributed by atoms with van der Waals surface area (Å²) in [4.78, 5) is 0. The van der Waals surface area contributed by atoms with Crippen LogP contribution in [0.3, 0.4) is 0 Å². The van der Waals surface area contributed by atoms with Crippen LogP contribution in [0.15, 0.2) is 22.8 Å². The molecule has 0 radical (unpaired) electrons. The molecule has 11 heavy (non-hydrogen) atoms. The third kappa shape index (κ3) is 3.41. The zero-order valence-corrected chi connectivity index (χ0v) is 8.49. The molecule has 0 N–H and O–H groups in total. The Kier molecular flexibility index (Phi) is 4.93. The molecule has 64 valence electrons. The van der Waals surface area contributed by atoms with Crippen molar-refractivity contribution in [2.75, 3.05) is 0 Å². The van der Waals surface area contributed by atoms with Crippen LogP contribution in [0.2, 0.25) is 0 Å². The van der Waals surface area contributed by atoms with Crippen molar-refractivity contribution in [3.63, 3.8) is 0 Å². The standard InChI is InChI=1S/C11H20/c1-6-8-10(4)11(5)9(3)7-2/h8H,6-7H2,1-5H3/b10-8?,11-9+. The first-order valence-corrected chi connectivity index (χ1v) is 4.46. The van der Waals surface area contributed by atoms with Crippen LogP contribution in [0.4, 0.5) is 0 Å². The van der Waals surface area contributed by atoms with Crippen molar-refractivity contribution in [2.45, 2.75) is 47.5 Å². The minimum Gasteiger partial charge on any atom is -0.0816 e. The molecule has 0 unspecified atom stereocenters. The van der Waals surface area contributed by atoms with Gasteiger partial charge in [-0.1, -0.05) is 31.1 Å². The van der Waals surface area contributed by atoms with E-state index in [4.69, 9.17) is 0 Å². The second-order valence-corrected chi connectivity index (χ2v) is 3.05. The lowest BCUT2D eigenvalue weighted by Gasteiger charge is -2.05. The van der Waals surface area contributed by atoms with E-state index in [1.165, 1.54) is 23.1 Å². The van der Waals surface area contributed by atoms with Crippen molar-refractivity contribution in [1.82, 2.24) is 0 Å². The van der Waals surface area contributed by atoms with E-state index in [9.17, 15) is 0 Å². The lowest BCUT2D eigenvalue weighted by molar-refractivity contribution is 1.05. The molecule has 0 aromatic carbocycles. The fourth-order valence-corrected chi connectivity index (χ4v) is 1.06. The Balaban J connectivity index is 4.46. The van der Waals surface area contributed by atoms with Gasteiger partial charge < -0.3 is 0 Å². The first-order valence-electron chi connectivity index (χ1n) is 4.46. The van der Waals surface area contributed by atoms with Gasteiger partial charge in [0.05, 0.1) is 0 Å². The van der Waals surface area contributed by atoms with Crippen molar-refractivity contribution in [1.29, 1.82) is 0 Å². The zero-order valence-electron chi connectivity index (χ0n) is 8.49. The molecule has 0 saturated carbocycles. The molecule has 0 bridgehead atoms. The first kappa shape index (κ1) is 10.5. The fourth-order valence-electron chi connectivity index (χ4n) is 1.06. The third-order valence-corrected chi connectivity index (χ3v) is 2.27. The molecule has 0 aliphatic rings. The Morgan fingerprint density at radius 2 is 1.64 bits per heavy atom. The molecule has 0 nitrogen and oxygen atoms in total. The SMILES string of the molecule is CCC=C(C)/C(C)=C(\C)CC. The number of allylic oxidation sites excluding steroid dienone is 4. The quantitative estimate of drug-likeness (QED) is 0.534. The summed E-state index contributed by atoms with van der Waals surface area (Å²) in [5.41, 5.74) is 4.41. The molecule has 0 aliphatic carbocycles. The maximum Gasteiger partial charge on any atom is -0.0346 e. The normalized spacial score (nSPS) is 14.8. The molecule has 0 heteroatoms. The predicted octanol–water partition coefficient (Wildman–Crippen LogP) is 4.09. The number of rotatable bonds is 3. The van der Waals surface area contributed by atoms with Crippen molar-refractivity contribution in [3.05, 3.63) is 22.8 Å². The molecule has 0 aromatic rings. The Hall–Kier alpha value is -0.520. The Morgan fingerprint density at radius 1 is 1.09 bits per heavy atom. The van der Waals surface area contributed by atoms with Crippen LogP contribution in [-0.4, -0.2) is 0 Å². The van der Waals surface area contributed by atoms with Crippen LogP contribution < -0.4 is 0 Å². The minimum absolute atomic E-state index is 1.14. The molecule has 0 atom stereocenters. The highest BCUT2D eigenvalue weighted by Gasteiger charge is 1.95. The van der Waals surface area contributed by atoms with Gasteiger partial charge in [0.25, 0.3) is 0 Å². The van der Waals surface area contributed by atoms with Gasteiger partial charge in [0.1, 0.15) is 0 Å². The summed E-state index contributed by atoms with van der Waals surface area (Å²) in [5.74, 6) is 0. The average Bonchev–Trinajstić information content (AvgIpc) is 2.02. The first-order chi connectivity index (χ1) is 5.13. The highest BCUT2D eigenvalue weighted by atomic mass is 14.0. The van der Waals surface area contributed by atoms with Gasteiger partial charge in [0.15, 0.2) is 0 Å². The summed E-state index contributed by atoms with van der Waals surface area (Å²) in [5, 5.41) is 0. The number of hydrogen-bond acceptors (Lipinski definition) is 0. The van der Waals surface area contributed by atoms with E-state index in [2.05, 4.69) is 40.7 Å². The highest BCUT2D eigenvalue weighted by molar-refractivity contribution is 5.30. The molecule has 0 amide bonds. The highest BCUT2D eigenvalue weighted by Crippen LogP contribution is 2.15. The topological polar surface area (TPSA) is 0 Å². The van der Waals surface area contributed by atoms with Crippen LogP contribution in [0.1, 0.15) is 47.5 Å². The Morgan fingerprint density at radius 3 is 2.00 bits per heavy atom. The van der Waals surface area contributed by atoms with Crippen LogP contribution in [0.25, 0.3) is 0 Å². The summed E-state index contributed by atoms with van der Waals surface area (Å²) in [6.07, 6.45) is 4.59. The summed E-state index contributed by atoms with van der Waals surface area (Å²) in [6, 6.07) is 0. The van der Waals surface area contributed by atoms with Crippen molar-refractivity contribution in [3.8, 4) is 0 Å². The smallest absolute Gasteiger partial charge is 0.0346 e. The lowest BCUT2D eigenvalue weighted by atomic mass is 10.0. The van der Waals surface area contributed by atoms with Gasteiger partial charge in [-0.3, -0.25) is 0 Å². The van der Waals surface area contributed by atoms with E-state index in [0.717, 1.165) is 6.42 Å². The van der Waals surface area contributed by atoms with Gasteiger partial charge in [-0.05, 0) is 39.2 Å². The van der Waals surface area contributed by atoms with Gasteiger partial charge in [-0.15, -0.1) is 0 Å². The second-order valence-electron chi connectivity index (χ2n) is 3.05. The zero-order chi connectivity index (χ0) is 8.85. The molecule has 0 spiro atoms. The maximum atomic E-state index is 2.29. The van der Waals surface area contributed by atoms with Crippen molar-refractivity contribution in [2.24, 2.45) is 0 Å². The summed E-state index contributed by atoms with van der Waals surface area (Å²) in [7, 11) is 0. The molecule has 0 fully saturated rings. The van der Waals surface area contributed by atoms with Crippen LogP contribution in [-0.2, 0) is 0 Å². The van der Waals surface area contributed by atoms with Gasteiger partial charge in [-0.2, -0.15) is 0 Å². The van der Waals surface area contributed by atoms with Crippen molar-refractivity contribution < 1.29 is 0 Å². The van der Waals surface area contributed by atoms with Crippen LogP contribution in [0, 0.1) is 0 Å². The largest absolute Gasteiger partial charge is 0.0816 e.